The van der Waals surface area contributed by atoms with Crippen LogP contribution in [0.5, 0.6) is 5.75 Å². The summed E-state index contributed by atoms with van der Waals surface area (Å²) in [6.45, 7) is 0. The number of fused-ring (bicyclic) bond motifs is 2. The summed E-state index contributed by atoms with van der Waals surface area (Å²) < 4.78 is 5.27. The predicted molar refractivity (Wildman–Crippen MR) is 66.9 cm³/mol. The van der Waals surface area contributed by atoms with E-state index in [0.29, 0.717) is 12.2 Å². The molecule has 2 aliphatic rings. The topological polar surface area (TPSA) is 46.5 Å². The Morgan fingerprint density at radius 1 is 1.28 bits per heavy atom. The number of carbonyl (C=O) groups excluding carboxylic acids is 1. The third kappa shape index (κ3) is 2.06. The summed E-state index contributed by atoms with van der Waals surface area (Å²) in [4.78, 5) is 11.8. The fourth-order valence-electron chi connectivity index (χ4n) is 3.04. The van der Waals surface area contributed by atoms with Crippen LogP contribution in [-0.2, 0) is 4.79 Å². The van der Waals surface area contributed by atoms with E-state index in [1.807, 2.05) is 24.3 Å². The van der Waals surface area contributed by atoms with E-state index in [1.165, 1.54) is 0 Å². The van der Waals surface area contributed by atoms with Crippen LogP contribution in [0, 0.1) is 17.8 Å². The van der Waals surface area contributed by atoms with Crippen LogP contribution in [0.2, 0.25) is 0 Å². The number of rotatable bonds is 3. The number of ether oxygens (including phenoxy) is 1. The second kappa shape index (κ2) is 4.58. The number of aliphatic hydroxyl groups excluding tert-OH is 1. The van der Waals surface area contributed by atoms with Crippen molar-refractivity contribution in [1.29, 1.82) is 0 Å². The van der Waals surface area contributed by atoms with Gasteiger partial charge in [-0.1, -0.05) is 30.4 Å². The first-order valence-corrected chi connectivity index (χ1v) is 6.36. The Balaban J connectivity index is 1.58. The Bertz CT molecular complexity index is 466. The summed E-state index contributed by atoms with van der Waals surface area (Å²) in [5.74, 6) is 0.982. The Morgan fingerprint density at radius 3 is 2.67 bits per heavy atom. The van der Waals surface area contributed by atoms with Gasteiger partial charge in [-0.15, -0.1) is 0 Å². The fourth-order valence-corrected chi connectivity index (χ4v) is 3.04. The van der Waals surface area contributed by atoms with Crippen molar-refractivity contribution in [3.8, 4) is 5.75 Å². The van der Waals surface area contributed by atoms with Crippen LogP contribution in [0.4, 0.5) is 0 Å². The van der Waals surface area contributed by atoms with Crippen molar-refractivity contribution >= 4 is 5.97 Å². The molecular weight excluding hydrogens is 228 g/mol. The van der Waals surface area contributed by atoms with Gasteiger partial charge >= 0.3 is 5.97 Å². The molecule has 3 rings (SSSR count). The van der Waals surface area contributed by atoms with Crippen LogP contribution in [0.25, 0.3) is 0 Å². The normalized spacial score (nSPS) is 32.7. The Morgan fingerprint density at radius 2 is 2.06 bits per heavy atom. The van der Waals surface area contributed by atoms with E-state index in [1.54, 1.807) is 12.1 Å². The number of para-hydroxylation sites is 1. The first kappa shape index (κ1) is 11.5. The van der Waals surface area contributed by atoms with Gasteiger partial charge in [0.15, 0.2) is 0 Å². The molecule has 3 nitrogen and oxygen atoms in total. The monoisotopic (exact) mass is 244 g/mol. The molecule has 0 aliphatic heterocycles. The second-order valence-electron chi connectivity index (χ2n) is 5.10. The van der Waals surface area contributed by atoms with Gasteiger partial charge in [-0.25, -0.2) is 0 Å². The molecule has 1 aromatic rings. The number of benzene rings is 1. The molecular formula is C15H16O3. The van der Waals surface area contributed by atoms with Gasteiger partial charge in [0.2, 0.25) is 0 Å². The van der Waals surface area contributed by atoms with Crippen LogP contribution < -0.4 is 4.74 Å². The highest BCUT2D eigenvalue weighted by Gasteiger charge is 2.44. The van der Waals surface area contributed by atoms with Gasteiger partial charge in [0.25, 0.3) is 0 Å². The van der Waals surface area contributed by atoms with Gasteiger partial charge in [-0.2, -0.15) is 0 Å². The number of hydrogen-bond donors (Lipinski definition) is 1. The quantitative estimate of drug-likeness (QED) is 0.503. The van der Waals surface area contributed by atoms with Crippen molar-refractivity contribution in [2.75, 3.05) is 0 Å². The van der Waals surface area contributed by atoms with E-state index in [9.17, 15) is 9.90 Å². The molecule has 1 fully saturated rings. The van der Waals surface area contributed by atoms with Gasteiger partial charge in [0.1, 0.15) is 5.75 Å². The van der Waals surface area contributed by atoms with Crippen LogP contribution in [0.15, 0.2) is 42.5 Å². The van der Waals surface area contributed by atoms with Crippen LogP contribution in [-0.4, -0.2) is 17.2 Å². The number of hydrogen-bond acceptors (Lipinski definition) is 3. The van der Waals surface area contributed by atoms with Gasteiger partial charge in [-0.05, 0) is 24.5 Å². The first-order chi connectivity index (χ1) is 8.74. The van der Waals surface area contributed by atoms with E-state index in [4.69, 9.17) is 4.74 Å². The summed E-state index contributed by atoms with van der Waals surface area (Å²) in [7, 11) is 0. The molecule has 1 aromatic carbocycles. The smallest absolute Gasteiger partial charge is 0.311 e. The minimum atomic E-state index is -0.292. The van der Waals surface area contributed by atoms with E-state index >= 15 is 0 Å². The molecule has 0 amide bonds. The van der Waals surface area contributed by atoms with Crippen molar-refractivity contribution in [3.63, 3.8) is 0 Å². The molecule has 18 heavy (non-hydrogen) atoms. The largest absolute Gasteiger partial charge is 0.427 e. The summed E-state index contributed by atoms with van der Waals surface area (Å²) in [5.41, 5.74) is 0. The Kier molecular flexibility index (Phi) is 2.92. The Hall–Kier alpha value is -1.61. The zero-order chi connectivity index (χ0) is 12.5. The SMILES string of the molecule is O=C(CC1CC2C=CC1C2O)Oc1ccccc1. The lowest BCUT2D eigenvalue weighted by atomic mass is 9.90. The minimum Gasteiger partial charge on any atom is -0.427 e. The molecule has 0 saturated heterocycles. The molecule has 1 N–H and O–H groups in total. The van der Waals surface area contributed by atoms with Crippen molar-refractivity contribution in [2.24, 2.45) is 17.8 Å². The summed E-state index contributed by atoms with van der Waals surface area (Å²) in [5, 5.41) is 9.89. The average molecular weight is 244 g/mol. The van der Waals surface area contributed by atoms with Gasteiger partial charge in [0.05, 0.1) is 6.10 Å². The molecule has 0 spiro atoms. The van der Waals surface area contributed by atoms with Crippen LogP contribution in [0.3, 0.4) is 0 Å². The molecule has 4 atom stereocenters. The van der Waals surface area contributed by atoms with E-state index < -0.39 is 0 Å². The molecule has 0 heterocycles. The number of carbonyl (C=O) groups is 1. The molecule has 2 aliphatic carbocycles. The average Bonchev–Trinajstić information content (AvgIpc) is 2.85. The van der Waals surface area contributed by atoms with Crippen molar-refractivity contribution in [2.45, 2.75) is 18.9 Å². The summed E-state index contributed by atoms with van der Waals surface area (Å²) >= 11 is 0. The number of esters is 1. The van der Waals surface area contributed by atoms with Crippen LogP contribution >= 0.6 is 0 Å². The molecule has 0 aromatic heterocycles. The van der Waals surface area contributed by atoms with Crippen molar-refractivity contribution < 1.29 is 14.6 Å². The molecule has 2 bridgehead atoms. The van der Waals surface area contributed by atoms with Gasteiger partial charge < -0.3 is 9.84 Å². The van der Waals surface area contributed by atoms with Crippen LogP contribution in [0.1, 0.15) is 12.8 Å². The third-order valence-corrected chi connectivity index (χ3v) is 3.94. The molecule has 0 radical (unpaired) electrons. The maximum atomic E-state index is 11.8. The molecule has 4 unspecified atom stereocenters. The standard InChI is InChI=1S/C15H16O3/c16-14(18-12-4-2-1-3-5-12)9-11-8-10-6-7-13(11)15(10)17/h1-7,10-11,13,15,17H,8-9H2. The lowest BCUT2D eigenvalue weighted by molar-refractivity contribution is -0.135. The van der Waals surface area contributed by atoms with Gasteiger partial charge in [0, 0.05) is 18.3 Å². The third-order valence-electron chi connectivity index (χ3n) is 3.94. The Labute approximate surface area is 106 Å². The lowest BCUT2D eigenvalue weighted by Crippen LogP contribution is -2.20. The molecule has 3 heteroatoms. The molecule has 94 valence electrons. The maximum Gasteiger partial charge on any atom is 0.311 e. The van der Waals surface area contributed by atoms with Crippen molar-refractivity contribution in [3.05, 3.63) is 42.5 Å². The fraction of sp³-hybridized carbons (Fsp3) is 0.400. The second-order valence-corrected chi connectivity index (χ2v) is 5.10. The predicted octanol–water partition coefficient (Wildman–Crippen LogP) is 2.17. The first-order valence-electron chi connectivity index (χ1n) is 6.36. The summed E-state index contributed by atoms with van der Waals surface area (Å²) in [6.07, 6.45) is 5.09. The highest BCUT2D eigenvalue weighted by atomic mass is 16.5. The molecule has 1 saturated carbocycles. The zero-order valence-electron chi connectivity index (χ0n) is 10.0. The van der Waals surface area contributed by atoms with E-state index in [2.05, 4.69) is 6.08 Å². The van der Waals surface area contributed by atoms with E-state index in [-0.39, 0.29) is 29.8 Å². The highest BCUT2D eigenvalue weighted by molar-refractivity contribution is 5.72. The van der Waals surface area contributed by atoms with Crippen molar-refractivity contribution in [1.82, 2.24) is 0 Å². The maximum absolute atomic E-state index is 11.8. The summed E-state index contributed by atoms with van der Waals surface area (Å²) in [6, 6.07) is 9.11. The van der Waals surface area contributed by atoms with Gasteiger partial charge in [-0.3, -0.25) is 4.79 Å². The minimum absolute atomic E-state index is 0.137. The zero-order valence-corrected chi connectivity index (χ0v) is 10.0. The lowest BCUT2D eigenvalue weighted by Gasteiger charge is -2.17. The van der Waals surface area contributed by atoms with E-state index in [0.717, 1.165) is 6.42 Å². The highest BCUT2D eigenvalue weighted by Crippen LogP contribution is 2.45. The number of aliphatic hydroxyl groups is 1.